The summed E-state index contributed by atoms with van der Waals surface area (Å²) in [6, 6.07) is 6.62. The van der Waals surface area contributed by atoms with Crippen LogP contribution in [0.2, 0.25) is 0 Å². The van der Waals surface area contributed by atoms with Crippen LogP contribution in [0.4, 0.5) is 0 Å². The highest BCUT2D eigenvalue weighted by Crippen LogP contribution is 2.19. The van der Waals surface area contributed by atoms with Crippen LogP contribution in [-0.2, 0) is 0 Å². The van der Waals surface area contributed by atoms with Crippen molar-refractivity contribution in [2.75, 3.05) is 0 Å². The Labute approximate surface area is 57.7 Å². The summed E-state index contributed by atoms with van der Waals surface area (Å²) in [6.07, 6.45) is 2.58. The Hall–Kier alpha value is -1.44. The predicted octanol–water partition coefficient (Wildman–Crippen LogP) is 1.94. The van der Waals surface area contributed by atoms with Crippen molar-refractivity contribution in [1.82, 2.24) is 0 Å². The number of aromatic hydroxyl groups is 1. The van der Waals surface area contributed by atoms with Crippen molar-refractivity contribution in [3.63, 3.8) is 0 Å². The van der Waals surface area contributed by atoms with E-state index in [0.717, 1.165) is 11.0 Å². The number of phenols is 1. The quantitative estimate of drug-likeness (QED) is 0.595. The number of hydrogen-bond donors (Lipinski definition) is 1. The van der Waals surface area contributed by atoms with Crippen LogP contribution in [0.1, 0.15) is 0 Å². The summed E-state index contributed by atoms with van der Waals surface area (Å²) in [7, 11) is 0. The number of fused-ring (bicyclic) bond motifs is 1. The lowest BCUT2D eigenvalue weighted by Gasteiger charge is -1.88. The van der Waals surface area contributed by atoms with Gasteiger partial charge in [0.15, 0.2) is 6.26 Å². The monoisotopic (exact) mass is 133 g/mol. The van der Waals surface area contributed by atoms with Crippen molar-refractivity contribution in [3.8, 4) is 5.75 Å². The first-order valence-corrected chi connectivity index (χ1v) is 2.95. The Kier molecular flexibility index (Phi) is 0.947. The molecule has 0 saturated carbocycles. The van der Waals surface area contributed by atoms with E-state index in [9.17, 15) is 0 Å². The highest BCUT2D eigenvalue weighted by Gasteiger charge is 1.95. The highest BCUT2D eigenvalue weighted by atomic mass is 16.3. The fourth-order valence-corrected chi connectivity index (χ4v) is 0.898. The van der Waals surface area contributed by atoms with Crippen LogP contribution in [0, 0.1) is 6.26 Å². The van der Waals surface area contributed by atoms with Gasteiger partial charge < -0.3 is 9.52 Å². The average molecular weight is 133 g/mol. The SMILES string of the molecule is Oc1ccc2o[c]cc2c1. The molecule has 0 saturated heterocycles. The van der Waals surface area contributed by atoms with Crippen molar-refractivity contribution in [3.05, 3.63) is 30.5 Å². The zero-order valence-corrected chi connectivity index (χ0v) is 5.16. The molecule has 0 bridgehead atoms. The molecule has 1 aromatic carbocycles. The van der Waals surface area contributed by atoms with E-state index in [4.69, 9.17) is 9.52 Å². The normalized spacial score (nSPS) is 10.4. The molecule has 49 valence electrons. The maximum Gasteiger partial charge on any atom is 0.170 e. The number of benzene rings is 1. The smallest absolute Gasteiger partial charge is 0.170 e. The topological polar surface area (TPSA) is 33.4 Å². The van der Waals surface area contributed by atoms with Crippen molar-refractivity contribution < 1.29 is 9.52 Å². The molecule has 0 aliphatic carbocycles. The second kappa shape index (κ2) is 1.77. The van der Waals surface area contributed by atoms with Gasteiger partial charge in [0.1, 0.15) is 11.3 Å². The maximum atomic E-state index is 8.99. The minimum Gasteiger partial charge on any atom is -0.508 e. The van der Waals surface area contributed by atoms with Crippen LogP contribution in [-0.4, -0.2) is 5.11 Å². The van der Waals surface area contributed by atoms with E-state index in [1.54, 1.807) is 24.3 Å². The van der Waals surface area contributed by atoms with Crippen LogP contribution in [0.3, 0.4) is 0 Å². The van der Waals surface area contributed by atoms with Gasteiger partial charge in [0.05, 0.1) is 0 Å². The van der Waals surface area contributed by atoms with Crippen molar-refractivity contribution in [2.24, 2.45) is 0 Å². The Morgan fingerprint density at radius 1 is 1.40 bits per heavy atom. The van der Waals surface area contributed by atoms with Gasteiger partial charge in [-0.15, -0.1) is 0 Å². The number of furan rings is 1. The van der Waals surface area contributed by atoms with Gasteiger partial charge in [0.2, 0.25) is 0 Å². The molecule has 10 heavy (non-hydrogen) atoms. The first kappa shape index (κ1) is 5.35. The van der Waals surface area contributed by atoms with E-state index < -0.39 is 0 Å². The van der Waals surface area contributed by atoms with Crippen molar-refractivity contribution >= 4 is 11.0 Å². The number of hydrogen-bond acceptors (Lipinski definition) is 2. The van der Waals surface area contributed by atoms with Gasteiger partial charge in [0, 0.05) is 5.39 Å². The molecular weight excluding hydrogens is 128 g/mol. The molecule has 0 unspecified atom stereocenters. The van der Waals surface area contributed by atoms with E-state index in [0.29, 0.717) is 0 Å². The molecule has 2 aromatic rings. The fraction of sp³-hybridized carbons (Fsp3) is 0. The molecule has 2 rings (SSSR count). The predicted molar refractivity (Wildman–Crippen MR) is 36.7 cm³/mol. The Balaban J connectivity index is 2.86. The van der Waals surface area contributed by atoms with Crippen molar-refractivity contribution in [2.45, 2.75) is 0 Å². The van der Waals surface area contributed by atoms with Crippen LogP contribution in [0.15, 0.2) is 28.7 Å². The lowest BCUT2D eigenvalue weighted by molar-refractivity contribution is 0.476. The van der Waals surface area contributed by atoms with Gasteiger partial charge in [-0.05, 0) is 24.3 Å². The molecule has 0 spiro atoms. The molecule has 1 aromatic heterocycles. The van der Waals surface area contributed by atoms with E-state index in [-0.39, 0.29) is 5.75 Å². The molecule has 1 heterocycles. The summed E-state index contributed by atoms with van der Waals surface area (Å²) in [5.41, 5.74) is 0.748. The van der Waals surface area contributed by atoms with E-state index in [1.165, 1.54) is 0 Å². The van der Waals surface area contributed by atoms with Crippen LogP contribution < -0.4 is 0 Å². The second-order valence-corrected chi connectivity index (χ2v) is 2.09. The van der Waals surface area contributed by atoms with E-state index in [1.807, 2.05) is 0 Å². The lowest BCUT2D eigenvalue weighted by atomic mass is 10.2. The van der Waals surface area contributed by atoms with Gasteiger partial charge >= 0.3 is 0 Å². The summed E-state index contributed by atoms with van der Waals surface area (Å²) in [5.74, 6) is 0.252. The zero-order chi connectivity index (χ0) is 6.97. The molecule has 0 amide bonds. The zero-order valence-electron chi connectivity index (χ0n) is 5.16. The van der Waals surface area contributed by atoms with Gasteiger partial charge in [-0.3, -0.25) is 0 Å². The van der Waals surface area contributed by atoms with Gasteiger partial charge in [0.25, 0.3) is 0 Å². The van der Waals surface area contributed by atoms with Gasteiger partial charge in [-0.2, -0.15) is 0 Å². The van der Waals surface area contributed by atoms with Gasteiger partial charge in [-0.1, -0.05) is 0 Å². The third-order valence-corrected chi connectivity index (χ3v) is 1.38. The minimum atomic E-state index is 0.252. The van der Waals surface area contributed by atoms with E-state index in [2.05, 4.69) is 6.26 Å². The summed E-state index contributed by atoms with van der Waals surface area (Å²) in [4.78, 5) is 0. The third-order valence-electron chi connectivity index (χ3n) is 1.38. The maximum absolute atomic E-state index is 8.99. The van der Waals surface area contributed by atoms with Crippen LogP contribution >= 0.6 is 0 Å². The number of rotatable bonds is 0. The minimum absolute atomic E-state index is 0.252. The van der Waals surface area contributed by atoms with Crippen LogP contribution in [0.5, 0.6) is 5.75 Å². The molecule has 0 fully saturated rings. The van der Waals surface area contributed by atoms with Crippen LogP contribution in [0.25, 0.3) is 11.0 Å². The standard InChI is InChI=1S/C8H5O2/c9-7-1-2-8-6(5-7)3-4-10-8/h1-3,5,9H. The molecule has 2 heteroatoms. The molecule has 0 aliphatic rings. The first-order valence-electron chi connectivity index (χ1n) is 2.95. The molecule has 0 aliphatic heterocycles. The Morgan fingerprint density at radius 2 is 2.30 bits per heavy atom. The fourth-order valence-electron chi connectivity index (χ4n) is 0.898. The summed E-state index contributed by atoms with van der Waals surface area (Å²) in [6.45, 7) is 0. The lowest BCUT2D eigenvalue weighted by Crippen LogP contribution is -1.62. The summed E-state index contributed by atoms with van der Waals surface area (Å²) in [5, 5.41) is 9.87. The molecule has 0 atom stereocenters. The number of phenolic OH excluding ortho intramolecular Hbond substituents is 1. The largest absolute Gasteiger partial charge is 0.508 e. The first-order chi connectivity index (χ1) is 4.86. The molecular formula is C8H5O2. The van der Waals surface area contributed by atoms with E-state index >= 15 is 0 Å². The third kappa shape index (κ3) is 0.658. The second-order valence-electron chi connectivity index (χ2n) is 2.09. The average Bonchev–Trinajstić information content (AvgIpc) is 2.33. The molecule has 2 nitrogen and oxygen atoms in total. The Bertz CT molecular complexity index is 349. The highest BCUT2D eigenvalue weighted by molar-refractivity contribution is 5.78. The summed E-state index contributed by atoms with van der Waals surface area (Å²) < 4.78 is 4.94. The summed E-state index contributed by atoms with van der Waals surface area (Å²) >= 11 is 0. The van der Waals surface area contributed by atoms with Crippen molar-refractivity contribution in [1.29, 1.82) is 0 Å². The Morgan fingerprint density at radius 3 is 3.20 bits per heavy atom. The van der Waals surface area contributed by atoms with Gasteiger partial charge in [-0.25, -0.2) is 0 Å². The molecule has 1 N–H and O–H groups in total. The molecule has 1 radical (unpaired) electrons.